The monoisotopic (exact) mass is 428 g/mol. The number of thiocarbonyl (C=S) groups is 1. The van der Waals surface area contributed by atoms with E-state index in [9.17, 15) is 4.79 Å². The lowest BCUT2D eigenvalue weighted by Crippen LogP contribution is -2.38. The second-order valence-electron chi connectivity index (χ2n) is 8.00. The zero-order valence-electron chi connectivity index (χ0n) is 18.5. The maximum atomic E-state index is 12.5. The predicted molar refractivity (Wildman–Crippen MR) is 126 cm³/mol. The number of hydrogen-bond donors (Lipinski definition) is 1. The molecule has 2 rings (SSSR count). The molecule has 0 atom stereocenters. The van der Waals surface area contributed by atoms with Crippen molar-refractivity contribution < 1.29 is 14.3 Å². The molecule has 2 aromatic rings. The Hall–Kier alpha value is -2.60. The van der Waals surface area contributed by atoms with Crippen molar-refractivity contribution in [1.82, 2.24) is 4.90 Å². The highest BCUT2D eigenvalue weighted by Crippen LogP contribution is 2.18. The lowest BCUT2D eigenvalue weighted by molar-refractivity contribution is 0.102. The molecule has 30 heavy (non-hydrogen) atoms. The van der Waals surface area contributed by atoms with Gasteiger partial charge in [0.15, 0.2) is 0 Å². The molecule has 162 valence electrons. The first kappa shape index (κ1) is 23.7. The molecule has 5 nitrogen and oxygen atoms in total. The first-order valence-electron chi connectivity index (χ1n) is 10.4. The van der Waals surface area contributed by atoms with Gasteiger partial charge in [-0.25, -0.2) is 0 Å². The highest BCUT2D eigenvalue weighted by atomic mass is 32.1. The number of nitrogens with zero attached hydrogens (tertiary/aromatic N) is 1. The molecule has 6 heteroatoms. The Morgan fingerprint density at radius 3 is 1.97 bits per heavy atom. The van der Waals surface area contributed by atoms with E-state index >= 15 is 0 Å². The number of nitrogens with one attached hydrogen (secondary N) is 1. The second kappa shape index (κ2) is 11.6. The van der Waals surface area contributed by atoms with Gasteiger partial charge in [0.25, 0.3) is 11.1 Å². The number of benzene rings is 2. The first-order chi connectivity index (χ1) is 14.3. The molecule has 1 N–H and O–H groups in total. The minimum absolute atomic E-state index is 0.186. The Morgan fingerprint density at radius 1 is 0.933 bits per heavy atom. The lowest BCUT2D eigenvalue weighted by atomic mass is 10.1. The Kier molecular flexibility index (Phi) is 9.12. The van der Waals surface area contributed by atoms with Crippen molar-refractivity contribution in [2.24, 2.45) is 11.8 Å². The standard InChI is InChI=1S/C24H32N2O3S/c1-6-28-21-13-9-20(10-14-21)25-23(27)19-7-11-22(12-8-19)29-24(30)26(15-17(2)3)16-18(4)5/h7-14,17-18H,6,15-16H2,1-5H3,(H,25,27). The van der Waals surface area contributed by atoms with Crippen LogP contribution in [0.2, 0.25) is 0 Å². The normalized spacial score (nSPS) is 10.8. The zero-order valence-corrected chi connectivity index (χ0v) is 19.3. The number of rotatable bonds is 9. The van der Waals surface area contributed by atoms with E-state index in [1.807, 2.05) is 31.2 Å². The summed E-state index contributed by atoms with van der Waals surface area (Å²) in [5.41, 5.74) is 1.26. The van der Waals surface area contributed by atoms with Crippen LogP contribution in [0.1, 0.15) is 45.0 Å². The number of hydrogen-bond acceptors (Lipinski definition) is 4. The average Bonchev–Trinajstić information content (AvgIpc) is 2.69. The van der Waals surface area contributed by atoms with Crippen LogP contribution in [0.15, 0.2) is 48.5 Å². The number of carbonyl (C=O) groups excluding carboxylic acids is 1. The van der Waals surface area contributed by atoms with Crippen LogP contribution in [0.4, 0.5) is 5.69 Å². The maximum Gasteiger partial charge on any atom is 0.264 e. The van der Waals surface area contributed by atoms with Crippen molar-refractivity contribution in [2.45, 2.75) is 34.6 Å². The number of amides is 1. The molecular weight excluding hydrogens is 396 g/mol. The molecule has 1 amide bonds. The lowest BCUT2D eigenvalue weighted by Gasteiger charge is -2.28. The van der Waals surface area contributed by atoms with E-state index in [-0.39, 0.29) is 5.91 Å². The fourth-order valence-corrected chi connectivity index (χ4v) is 3.19. The van der Waals surface area contributed by atoms with E-state index in [2.05, 4.69) is 37.9 Å². The Bertz CT molecular complexity index is 807. The van der Waals surface area contributed by atoms with Gasteiger partial charge in [0.1, 0.15) is 11.5 Å². The van der Waals surface area contributed by atoms with Crippen LogP contribution < -0.4 is 14.8 Å². The van der Waals surface area contributed by atoms with E-state index in [1.54, 1.807) is 24.3 Å². The smallest absolute Gasteiger partial charge is 0.264 e. The van der Waals surface area contributed by atoms with Crippen molar-refractivity contribution in [3.63, 3.8) is 0 Å². The summed E-state index contributed by atoms with van der Waals surface area (Å²) in [7, 11) is 0. The molecular formula is C24H32N2O3S. The fraction of sp³-hybridized carbons (Fsp3) is 0.417. The molecule has 0 saturated carbocycles. The van der Waals surface area contributed by atoms with E-state index in [1.165, 1.54) is 0 Å². The van der Waals surface area contributed by atoms with Crippen LogP contribution in [-0.2, 0) is 0 Å². The predicted octanol–water partition coefficient (Wildman–Crippen LogP) is 5.62. The highest BCUT2D eigenvalue weighted by Gasteiger charge is 2.15. The molecule has 0 aliphatic carbocycles. The van der Waals surface area contributed by atoms with Crippen molar-refractivity contribution in [3.8, 4) is 11.5 Å². The van der Waals surface area contributed by atoms with Crippen LogP contribution >= 0.6 is 12.2 Å². The van der Waals surface area contributed by atoms with E-state index in [4.69, 9.17) is 21.7 Å². The van der Waals surface area contributed by atoms with Crippen LogP contribution in [0, 0.1) is 11.8 Å². The Balaban J connectivity index is 1.97. The summed E-state index contributed by atoms with van der Waals surface area (Å²) in [6.07, 6.45) is 0. The van der Waals surface area contributed by atoms with Gasteiger partial charge in [-0.3, -0.25) is 4.79 Å². The van der Waals surface area contributed by atoms with Crippen molar-refractivity contribution in [2.75, 3.05) is 25.0 Å². The van der Waals surface area contributed by atoms with Crippen molar-refractivity contribution in [1.29, 1.82) is 0 Å². The number of carbonyl (C=O) groups is 1. The topological polar surface area (TPSA) is 50.8 Å². The summed E-state index contributed by atoms with van der Waals surface area (Å²) >= 11 is 5.51. The van der Waals surface area contributed by atoms with Gasteiger partial charge in [0.05, 0.1) is 6.61 Å². The molecule has 0 aliphatic rings. The van der Waals surface area contributed by atoms with Crippen molar-refractivity contribution >= 4 is 29.0 Å². The quantitative estimate of drug-likeness (QED) is 0.526. The summed E-state index contributed by atoms with van der Waals surface area (Å²) in [4.78, 5) is 14.6. The summed E-state index contributed by atoms with van der Waals surface area (Å²) < 4.78 is 11.3. The van der Waals surface area contributed by atoms with Gasteiger partial charge in [-0.2, -0.15) is 0 Å². The van der Waals surface area contributed by atoms with Gasteiger partial charge in [-0.1, -0.05) is 27.7 Å². The number of anilines is 1. The highest BCUT2D eigenvalue weighted by molar-refractivity contribution is 7.80. The molecule has 2 aromatic carbocycles. The second-order valence-corrected chi connectivity index (χ2v) is 8.35. The molecule has 0 radical (unpaired) electrons. The van der Waals surface area contributed by atoms with Gasteiger partial charge in [0.2, 0.25) is 0 Å². The summed E-state index contributed by atoms with van der Waals surface area (Å²) in [5.74, 6) is 2.18. The molecule has 0 aliphatic heterocycles. The largest absolute Gasteiger partial charge is 0.494 e. The van der Waals surface area contributed by atoms with Gasteiger partial charge in [-0.15, -0.1) is 0 Å². The molecule has 0 bridgehead atoms. The Labute approximate surface area is 185 Å². The van der Waals surface area contributed by atoms with Gasteiger partial charge in [0, 0.05) is 24.3 Å². The van der Waals surface area contributed by atoms with E-state index in [0.29, 0.717) is 40.6 Å². The minimum Gasteiger partial charge on any atom is -0.494 e. The molecule has 0 saturated heterocycles. The molecule has 0 heterocycles. The van der Waals surface area contributed by atoms with Crippen LogP contribution in [0.25, 0.3) is 0 Å². The van der Waals surface area contributed by atoms with Crippen LogP contribution in [0.5, 0.6) is 11.5 Å². The third-order valence-corrected chi connectivity index (χ3v) is 4.52. The zero-order chi connectivity index (χ0) is 22.1. The third kappa shape index (κ3) is 7.67. The minimum atomic E-state index is -0.186. The van der Waals surface area contributed by atoms with Gasteiger partial charge < -0.3 is 19.7 Å². The fourth-order valence-electron chi connectivity index (χ4n) is 2.95. The average molecular weight is 429 g/mol. The maximum absolute atomic E-state index is 12.5. The number of ether oxygens (including phenoxy) is 2. The van der Waals surface area contributed by atoms with Gasteiger partial charge >= 0.3 is 0 Å². The Morgan fingerprint density at radius 2 is 1.47 bits per heavy atom. The molecule has 0 fully saturated rings. The van der Waals surface area contributed by atoms with E-state index in [0.717, 1.165) is 18.8 Å². The summed E-state index contributed by atoms with van der Waals surface area (Å²) in [6, 6.07) is 14.3. The molecule has 0 unspecified atom stereocenters. The van der Waals surface area contributed by atoms with Gasteiger partial charge in [-0.05, 0) is 79.5 Å². The first-order valence-corrected chi connectivity index (χ1v) is 10.8. The third-order valence-electron chi connectivity index (χ3n) is 4.17. The van der Waals surface area contributed by atoms with Crippen LogP contribution in [0.3, 0.4) is 0 Å². The van der Waals surface area contributed by atoms with Crippen LogP contribution in [-0.4, -0.2) is 35.7 Å². The summed E-state index contributed by atoms with van der Waals surface area (Å²) in [5, 5.41) is 3.34. The molecule has 0 spiro atoms. The molecule has 0 aromatic heterocycles. The SMILES string of the molecule is CCOc1ccc(NC(=O)c2ccc(OC(=S)N(CC(C)C)CC(C)C)cc2)cc1. The summed E-state index contributed by atoms with van der Waals surface area (Å²) in [6.45, 7) is 12.9. The van der Waals surface area contributed by atoms with E-state index < -0.39 is 0 Å². The van der Waals surface area contributed by atoms with Crippen molar-refractivity contribution in [3.05, 3.63) is 54.1 Å².